The summed E-state index contributed by atoms with van der Waals surface area (Å²) in [6.07, 6.45) is 0. The minimum Gasteiger partial charge on any atom is -0.507 e. The Kier molecular flexibility index (Phi) is 6.56. The Morgan fingerprint density at radius 1 is 0.950 bits per heavy atom. The van der Waals surface area contributed by atoms with Crippen LogP contribution in [0.15, 0.2) is 91.0 Å². The van der Waals surface area contributed by atoms with Gasteiger partial charge in [-0.3, -0.25) is 9.89 Å². The lowest BCUT2D eigenvalue weighted by molar-refractivity contribution is 0.0730. The Labute approximate surface area is 231 Å². The van der Waals surface area contributed by atoms with Gasteiger partial charge in [-0.2, -0.15) is 5.10 Å². The molecule has 1 unspecified atom stereocenters. The number of halogens is 1. The van der Waals surface area contributed by atoms with Crippen LogP contribution in [0.1, 0.15) is 49.9 Å². The van der Waals surface area contributed by atoms with E-state index in [2.05, 4.69) is 10.2 Å². The maximum Gasteiger partial charge on any atom is 0.273 e. The van der Waals surface area contributed by atoms with Gasteiger partial charge in [0.25, 0.3) is 5.91 Å². The molecular formula is C33H28FN3O3. The van der Waals surface area contributed by atoms with Crippen molar-refractivity contribution in [2.75, 3.05) is 0 Å². The van der Waals surface area contributed by atoms with Gasteiger partial charge in [-0.05, 0) is 72.0 Å². The summed E-state index contributed by atoms with van der Waals surface area (Å²) < 4.78 is 19.6. The van der Waals surface area contributed by atoms with Crippen LogP contribution in [0, 0.1) is 19.7 Å². The van der Waals surface area contributed by atoms with Crippen LogP contribution < -0.4 is 4.74 Å². The van der Waals surface area contributed by atoms with Gasteiger partial charge in [0.05, 0.1) is 6.04 Å². The van der Waals surface area contributed by atoms with Gasteiger partial charge in [0, 0.05) is 17.7 Å². The molecule has 1 aliphatic heterocycles. The Morgan fingerprint density at radius 3 is 2.40 bits per heavy atom. The van der Waals surface area contributed by atoms with Crippen LogP contribution >= 0.6 is 0 Å². The summed E-state index contributed by atoms with van der Waals surface area (Å²) in [5.41, 5.74) is 6.63. The predicted molar refractivity (Wildman–Crippen MR) is 150 cm³/mol. The van der Waals surface area contributed by atoms with Crippen molar-refractivity contribution in [2.45, 2.75) is 33.0 Å². The van der Waals surface area contributed by atoms with Gasteiger partial charge in [-0.25, -0.2) is 4.39 Å². The monoisotopic (exact) mass is 533 g/mol. The average molecular weight is 534 g/mol. The number of fused-ring (bicyclic) bond motifs is 1. The maximum absolute atomic E-state index is 13.7. The lowest BCUT2D eigenvalue weighted by Gasteiger charge is -2.27. The van der Waals surface area contributed by atoms with Crippen LogP contribution in [0.3, 0.4) is 0 Å². The van der Waals surface area contributed by atoms with Crippen LogP contribution in [-0.4, -0.2) is 26.1 Å². The fourth-order valence-corrected chi connectivity index (χ4v) is 5.33. The molecule has 0 radical (unpaired) electrons. The molecule has 1 amide bonds. The molecular weight excluding hydrogens is 505 g/mol. The molecule has 6 nitrogen and oxygen atoms in total. The summed E-state index contributed by atoms with van der Waals surface area (Å²) in [5, 5.41) is 18.4. The maximum atomic E-state index is 13.7. The van der Waals surface area contributed by atoms with E-state index in [9.17, 15) is 14.3 Å². The van der Waals surface area contributed by atoms with Crippen molar-refractivity contribution < 1.29 is 19.0 Å². The van der Waals surface area contributed by atoms with Crippen LogP contribution in [0.2, 0.25) is 0 Å². The number of nitrogens with zero attached hydrogens (tertiary/aromatic N) is 2. The molecule has 6 rings (SSSR count). The summed E-state index contributed by atoms with van der Waals surface area (Å²) in [6, 6.07) is 27.1. The molecule has 40 heavy (non-hydrogen) atoms. The summed E-state index contributed by atoms with van der Waals surface area (Å²) in [7, 11) is 0. The van der Waals surface area contributed by atoms with E-state index in [1.54, 1.807) is 17.0 Å². The number of ether oxygens (including phenoxy) is 1. The third kappa shape index (κ3) is 4.71. The molecule has 2 heterocycles. The summed E-state index contributed by atoms with van der Waals surface area (Å²) in [6.45, 7) is 4.52. The second kappa shape index (κ2) is 10.3. The number of hydrogen-bond donors (Lipinski definition) is 2. The zero-order valence-corrected chi connectivity index (χ0v) is 22.2. The first-order valence-electron chi connectivity index (χ1n) is 13.1. The minimum absolute atomic E-state index is 0.132. The van der Waals surface area contributed by atoms with Crippen LogP contribution in [0.25, 0.3) is 11.3 Å². The normalized spacial score (nSPS) is 14.4. The number of carbonyl (C=O) groups excluding carboxylic acids is 1. The Balaban J connectivity index is 1.40. The summed E-state index contributed by atoms with van der Waals surface area (Å²) in [5.74, 6) is 0.298. The van der Waals surface area contributed by atoms with Crippen LogP contribution in [0.4, 0.5) is 4.39 Å². The third-order valence-electron chi connectivity index (χ3n) is 7.27. The molecule has 1 aliphatic rings. The number of aromatic hydroxyl groups is 1. The molecule has 0 bridgehead atoms. The zero-order chi connectivity index (χ0) is 27.8. The number of rotatable bonds is 7. The molecule has 4 aromatic carbocycles. The number of aromatic nitrogens is 2. The number of phenols is 1. The van der Waals surface area contributed by atoms with Crippen molar-refractivity contribution in [1.82, 2.24) is 15.1 Å². The molecule has 1 atom stereocenters. The number of H-pyrrole nitrogens is 1. The van der Waals surface area contributed by atoms with E-state index in [0.29, 0.717) is 34.9 Å². The van der Waals surface area contributed by atoms with E-state index in [4.69, 9.17) is 4.74 Å². The topological polar surface area (TPSA) is 78.5 Å². The number of benzene rings is 4. The highest BCUT2D eigenvalue weighted by Gasteiger charge is 2.42. The zero-order valence-electron chi connectivity index (χ0n) is 22.2. The van der Waals surface area contributed by atoms with Gasteiger partial charge >= 0.3 is 0 Å². The first kappa shape index (κ1) is 25.4. The molecule has 7 heteroatoms. The Hall–Kier alpha value is -4.91. The molecule has 0 saturated carbocycles. The highest BCUT2D eigenvalue weighted by atomic mass is 19.1. The number of phenolic OH excluding ortho intramolecular Hbond substituents is 1. The summed E-state index contributed by atoms with van der Waals surface area (Å²) >= 11 is 0. The number of carbonyl (C=O) groups is 1. The van der Waals surface area contributed by atoms with E-state index in [1.807, 2.05) is 80.6 Å². The second-order valence-electron chi connectivity index (χ2n) is 10.1. The summed E-state index contributed by atoms with van der Waals surface area (Å²) in [4.78, 5) is 15.5. The molecule has 5 aromatic rings. The first-order chi connectivity index (χ1) is 19.4. The molecule has 0 aliphatic carbocycles. The number of nitrogens with one attached hydrogen (secondary N) is 1. The number of hydrogen-bond acceptors (Lipinski definition) is 4. The third-order valence-corrected chi connectivity index (χ3v) is 7.27. The van der Waals surface area contributed by atoms with Gasteiger partial charge in [0.1, 0.15) is 35.3 Å². The molecule has 1 aromatic heterocycles. The predicted octanol–water partition coefficient (Wildman–Crippen LogP) is 6.86. The van der Waals surface area contributed by atoms with Crippen LogP contribution in [0.5, 0.6) is 11.5 Å². The van der Waals surface area contributed by atoms with E-state index in [0.717, 1.165) is 27.8 Å². The average Bonchev–Trinajstić information content (AvgIpc) is 3.50. The van der Waals surface area contributed by atoms with Crippen LogP contribution in [-0.2, 0) is 13.2 Å². The molecule has 0 fully saturated rings. The quantitative estimate of drug-likeness (QED) is 0.240. The molecule has 200 valence electrons. The largest absolute Gasteiger partial charge is 0.507 e. The second-order valence-corrected chi connectivity index (χ2v) is 10.1. The number of aromatic amines is 1. The van der Waals surface area contributed by atoms with Gasteiger partial charge in [0.2, 0.25) is 0 Å². The van der Waals surface area contributed by atoms with Crippen molar-refractivity contribution in [3.8, 4) is 22.8 Å². The highest BCUT2D eigenvalue weighted by molar-refractivity contribution is 6.00. The van der Waals surface area contributed by atoms with Gasteiger partial charge in [0.15, 0.2) is 0 Å². The Bertz CT molecular complexity index is 1680. The van der Waals surface area contributed by atoms with E-state index in [1.165, 1.54) is 12.1 Å². The van der Waals surface area contributed by atoms with Gasteiger partial charge in [-0.15, -0.1) is 0 Å². The van der Waals surface area contributed by atoms with E-state index >= 15 is 0 Å². The number of amides is 1. The molecule has 2 N–H and O–H groups in total. The van der Waals surface area contributed by atoms with Gasteiger partial charge < -0.3 is 14.7 Å². The minimum atomic E-state index is -0.482. The fourth-order valence-electron chi connectivity index (χ4n) is 5.33. The van der Waals surface area contributed by atoms with Crippen molar-refractivity contribution in [2.24, 2.45) is 0 Å². The van der Waals surface area contributed by atoms with E-state index < -0.39 is 6.04 Å². The standard InChI is InChI=1S/C33H28FN3O3/c1-20-16-21(2)32(38)27(17-20)29-28-30(36-35-29)33(39)37(18-22-8-12-25(34)13-9-22)31(28)24-10-14-26(15-11-24)40-19-23-6-4-3-5-7-23/h3-17,31,38H,18-19H2,1-2H3,(H,35,36). The SMILES string of the molecule is Cc1cc(C)c(O)c(-c2n[nH]c3c2C(c2ccc(OCc4ccccc4)cc2)N(Cc2ccc(F)cc2)C3=O)c1. The fraction of sp³-hybridized carbons (Fsp3) is 0.152. The first-order valence-corrected chi connectivity index (χ1v) is 13.1. The number of aryl methyl sites for hydroxylation is 2. The van der Waals surface area contributed by atoms with Crippen molar-refractivity contribution >= 4 is 5.91 Å². The lowest BCUT2D eigenvalue weighted by atomic mass is 9.94. The van der Waals surface area contributed by atoms with Gasteiger partial charge in [-0.1, -0.05) is 60.7 Å². The van der Waals surface area contributed by atoms with E-state index in [-0.39, 0.29) is 24.0 Å². The molecule has 0 spiro atoms. The van der Waals surface area contributed by atoms with Crippen molar-refractivity contribution in [3.05, 3.63) is 136 Å². The smallest absolute Gasteiger partial charge is 0.273 e. The van der Waals surface area contributed by atoms with Crippen molar-refractivity contribution in [1.29, 1.82) is 0 Å². The van der Waals surface area contributed by atoms with Crippen molar-refractivity contribution in [3.63, 3.8) is 0 Å². The lowest BCUT2D eigenvalue weighted by Crippen LogP contribution is -2.29. The highest BCUT2D eigenvalue weighted by Crippen LogP contribution is 2.46. The molecule has 0 saturated heterocycles. The Morgan fingerprint density at radius 2 is 1.68 bits per heavy atom.